The van der Waals surface area contributed by atoms with Crippen LogP contribution in [0.4, 0.5) is 5.69 Å². The fourth-order valence-electron chi connectivity index (χ4n) is 2.53. The van der Waals surface area contributed by atoms with Crippen LogP contribution in [0.25, 0.3) is 0 Å². The van der Waals surface area contributed by atoms with Crippen molar-refractivity contribution in [2.75, 3.05) is 18.5 Å². The van der Waals surface area contributed by atoms with Gasteiger partial charge in [0, 0.05) is 24.7 Å². The van der Waals surface area contributed by atoms with Crippen molar-refractivity contribution in [3.63, 3.8) is 0 Å². The molecule has 6 heteroatoms. The number of carboxylic acids is 1. The smallest absolute Gasteiger partial charge is 0.230 e. The Balaban J connectivity index is 2.01. The van der Waals surface area contributed by atoms with Crippen LogP contribution >= 0.6 is 0 Å². The Morgan fingerprint density at radius 1 is 1.41 bits per heavy atom. The second kappa shape index (κ2) is 7.79. The standard InChI is InChI=1S/C16H21NO5/c1-2-21-12-7-5-11(6-8-12)17-16(20)13(10-15(18)19)14-4-3-9-22-14/h5-8,13-14H,2-4,9-10H2,1H3,(H,17,20)(H,18,19)/p-1/t13-,14+/m1/s1. The number of hydrogen-bond acceptors (Lipinski definition) is 5. The summed E-state index contributed by atoms with van der Waals surface area (Å²) in [5, 5.41) is 13.6. The summed E-state index contributed by atoms with van der Waals surface area (Å²) in [6.07, 6.45) is 0.827. The van der Waals surface area contributed by atoms with Crippen LogP contribution in [-0.4, -0.2) is 31.2 Å². The van der Waals surface area contributed by atoms with E-state index in [2.05, 4.69) is 5.32 Å². The Morgan fingerprint density at radius 2 is 2.14 bits per heavy atom. The summed E-state index contributed by atoms with van der Waals surface area (Å²) in [6, 6.07) is 6.93. The highest BCUT2D eigenvalue weighted by Crippen LogP contribution is 2.25. The van der Waals surface area contributed by atoms with Gasteiger partial charge in [0.25, 0.3) is 0 Å². The van der Waals surface area contributed by atoms with E-state index < -0.39 is 11.9 Å². The predicted molar refractivity (Wildman–Crippen MR) is 78.3 cm³/mol. The largest absolute Gasteiger partial charge is 0.550 e. The van der Waals surface area contributed by atoms with Crippen molar-refractivity contribution >= 4 is 17.6 Å². The highest BCUT2D eigenvalue weighted by molar-refractivity contribution is 5.94. The van der Waals surface area contributed by atoms with E-state index in [-0.39, 0.29) is 18.4 Å². The van der Waals surface area contributed by atoms with Crippen LogP contribution in [0.1, 0.15) is 26.2 Å². The van der Waals surface area contributed by atoms with Crippen LogP contribution in [-0.2, 0) is 14.3 Å². The van der Waals surface area contributed by atoms with Crippen LogP contribution < -0.4 is 15.2 Å². The number of ether oxygens (including phenoxy) is 2. The predicted octanol–water partition coefficient (Wildman–Crippen LogP) is 0.959. The zero-order valence-corrected chi connectivity index (χ0v) is 12.5. The van der Waals surface area contributed by atoms with Crippen LogP contribution in [0, 0.1) is 5.92 Å². The fourth-order valence-corrected chi connectivity index (χ4v) is 2.53. The average molecular weight is 306 g/mol. The molecule has 0 radical (unpaired) electrons. The fraction of sp³-hybridized carbons (Fsp3) is 0.500. The topological polar surface area (TPSA) is 87.7 Å². The third kappa shape index (κ3) is 4.46. The molecule has 0 bridgehead atoms. The van der Waals surface area contributed by atoms with Crippen molar-refractivity contribution in [1.82, 2.24) is 0 Å². The van der Waals surface area contributed by atoms with Crippen LogP contribution in [0.15, 0.2) is 24.3 Å². The quantitative estimate of drug-likeness (QED) is 0.810. The molecule has 1 aliphatic heterocycles. The molecule has 0 aliphatic carbocycles. The van der Waals surface area contributed by atoms with Gasteiger partial charge in [0.1, 0.15) is 5.75 Å². The van der Waals surface area contributed by atoms with Crippen molar-refractivity contribution in [2.45, 2.75) is 32.3 Å². The van der Waals surface area contributed by atoms with Gasteiger partial charge in [-0.05, 0) is 44.0 Å². The molecule has 6 nitrogen and oxygen atoms in total. The number of benzene rings is 1. The van der Waals surface area contributed by atoms with E-state index >= 15 is 0 Å². The highest BCUT2D eigenvalue weighted by atomic mass is 16.5. The normalized spacial score (nSPS) is 18.7. The molecule has 0 aromatic heterocycles. The minimum Gasteiger partial charge on any atom is -0.550 e. The van der Waals surface area contributed by atoms with Crippen molar-refractivity contribution in [1.29, 1.82) is 0 Å². The van der Waals surface area contributed by atoms with Gasteiger partial charge in [0.15, 0.2) is 0 Å². The minimum absolute atomic E-state index is 0.340. The Kier molecular flexibility index (Phi) is 5.77. The molecule has 1 saturated heterocycles. The van der Waals surface area contributed by atoms with Crippen molar-refractivity contribution < 1.29 is 24.2 Å². The van der Waals surface area contributed by atoms with Gasteiger partial charge in [0.2, 0.25) is 5.91 Å². The number of carbonyl (C=O) groups excluding carboxylic acids is 2. The Bertz CT molecular complexity index is 508. The molecule has 0 spiro atoms. The summed E-state index contributed by atoms with van der Waals surface area (Å²) in [4.78, 5) is 23.2. The molecule has 2 rings (SSSR count). The lowest BCUT2D eigenvalue weighted by Gasteiger charge is -2.22. The minimum atomic E-state index is -1.25. The number of nitrogens with one attached hydrogen (secondary N) is 1. The number of rotatable bonds is 7. The summed E-state index contributed by atoms with van der Waals surface area (Å²) < 4.78 is 10.8. The summed E-state index contributed by atoms with van der Waals surface area (Å²) in [5.41, 5.74) is 0.592. The van der Waals surface area contributed by atoms with Gasteiger partial charge in [-0.1, -0.05) is 0 Å². The first kappa shape index (κ1) is 16.3. The molecule has 0 unspecified atom stereocenters. The van der Waals surface area contributed by atoms with Gasteiger partial charge in [-0.15, -0.1) is 0 Å². The maximum absolute atomic E-state index is 12.3. The zero-order chi connectivity index (χ0) is 15.9. The molecular formula is C16H20NO5-. The zero-order valence-electron chi connectivity index (χ0n) is 12.5. The molecule has 22 heavy (non-hydrogen) atoms. The number of anilines is 1. The molecular weight excluding hydrogens is 286 g/mol. The molecule has 120 valence electrons. The summed E-state index contributed by atoms with van der Waals surface area (Å²) >= 11 is 0. The van der Waals surface area contributed by atoms with Gasteiger partial charge < -0.3 is 24.7 Å². The number of amides is 1. The number of carboxylic acid groups (broad SMARTS) is 1. The summed E-state index contributed by atoms with van der Waals surface area (Å²) in [7, 11) is 0. The first-order valence-electron chi connectivity index (χ1n) is 7.45. The number of aliphatic carboxylic acids is 1. The monoisotopic (exact) mass is 306 g/mol. The first-order valence-corrected chi connectivity index (χ1v) is 7.45. The molecule has 1 fully saturated rings. The highest BCUT2D eigenvalue weighted by Gasteiger charge is 2.31. The lowest BCUT2D eigenvalue weighted by atomic mass is 9.95. The first-order chi connectivity index (χ1) is 10.6. The van der Waals surface area contributed by atoms with Gasteiger partial charge in [0.05, 0.1) is 18.6 Å². The molecule has 0 saturated carbocycles. The molecule has 1 heterocycles. The van der Waals surface area contributed by atoms with Crippen LogP contribution in [0.3, 0.4) is 0 Å². The number of carbonyl (C=O) groups is 2. The molecule has 1 aromatic carbocycles. The van der Waals surface area contributed by atoms with Crippen molar-refractivity contribution in [2.24, 2.45) is 5.92 Å². The Hall–Kier alpha value is -2.08. The van der Waals surface area contributed by atoms with Crippen LogP contribution in [0.2, 0.25) is 0 Å². The molecule has 1 aliphatic rings. The second-order valence-electron chi connectivity index (χ2n) is 5.18. The van der Waals surface area contributed by atoms with Crippen molar-refractivity contribution in [3.8, 4) is 5.75 Å². The van der Waals surface area contributed by atoms with Gasteiger partial charge in [-0.25, -0.2) is 0 Å². The van der Waals surface area contributed by atoms with Gasteiger partial charge in [-0.2, -0.15) is 0 Å². The third-order valence-electron chi connectivity index (χ3n) is 3.57. The molecule has 1 amide bonds. The third-order valence-corrected chi connectivity index (χ3v) is 3.57. The Labute approximate surface area is 129 Å². The van der Waals surface area contributed by atoms with Gasteiger partial charge >= 0.3 is 0 Å². The maximum Gasteiger partial charge on any atom is 0.230 e. The van der Waals surface area contributed by atoms with E-state index in [1.165, 1.54) is 0 Å². The van der Waals surface area contributed by atoms with E-state index in [0.717, 1.165) is 6.42 Å². The Morgan fingerprint density at radius 3 is 2.68 bits per heavy atom. The van der Waals surface area contributed by atoms with E-state index in [0.29, 0.717) is 31.1 Å². The SMILES string of the molecule is CCOc1ccc(NC(=O)[C@H](CC(=O)[O-])[C@@H]2CCCO2)cc1. The van der Waals surface area contributed by atoms with E-state index in [9.17, 15) is 14.7 Å². The molecule has 2 atom stereocenters. The average Bonchev–Trinajstić information content (AvgIpc) is 3.01. The second-order valence-corrected chi connectivity index (χ2v) is 5.18. The van der Waals surface area contributed by atoms with Crippen LogP contribution in [0.5, 0.6) is 5.75 Å². The molecule has 1 N–H and O–H groups in total. The summed E-state index contributed by atoms with van der Waals surface area (Å²) in [6.45, 7) is 3.02. The van der Waals surface area contributed by atoms with E-state index in [1.807, 2.05) is 6.92 Å². The number of hydrogen-bond donors (Lipinski definition) is 1. The summed E-state index contributed by atoms with van der Waals surface area (Å²) in [5.74, 6) is -1.63. The van der Waals surface area contributed by atoms with E-state index in [4.69, 9.17) is 9.47 Å². The maximum atomic E-state index is 12.3. The molecule has 1 aromatic rings. The van der Waals surface area contributed by atoms with Crippen molar-refractivity contribution in [3.05, 3.63) is 24.3 Å². The van der Waals surface area contributed by atoms with E-state index in [1.54, 1.807) is 24.3 Å². The lowest BCUT2D eigenvalue weighted by molar-refractivity contribution is -0.307. The lowest BCUT2D eigenvalue weighted by Crippen LogP contribution is -2.38. The van der Waals surface area contributed by atoms with Gasteiger partial charge in [-0.3, -0.25) is 4.79 Å².